The van der Waals surface area contributed by atoms with E-state index >= 15 is 0 Å². The van der Waals surface area contributed by atoms with Crippen molar-refractivity contribution < 1.29 is 8.78 Å². The lowest BCUT2D eigenvalue weighted by Crippen LogP contribution is -1.94. The van der Waals surface area contributed by atoms with Crippen molar-refractivity contribution in [1.29, 1.82) is 0 Å². The second-order valence-electron chi connectivity index (χ2n) is 2.23. The molecule has 0 aliphatic carbocycles. The number of nitrogens with zero attached hydrogens (tertiary/aromatic N) is 1. The average molecular weight is 291 g/mol. The third-order valence-corrected chi connectivity index (χ3v) is 2.92. The number of alkyl halides is 3. The van der Waals surface area contributed by atoms with Gasteiger partial charge in [0.1, 0.15) is 5.69 Å². The van der Waals surface area contributed by atoms with Crippen LogP contribution in [0, 0.1) is 0 Å². The van der Waals surface area contributed by atoms with Gasteiger partial charge in [0.25, 0.3) is 6.43 Å². The Morgan fingerprint density at radius 3 is 2.46 bits per heavy atom. The highest BCUT2D eigenvalue weighted by atomic mass is 79.9. The molecule has 1 heterocycles. The number of halogens is 5. The van der Waals surface area contributed by atoms with Crippen LogP contribution in [0.15, 0.2) is 6.20 Å². The van der Waals surface area contributed by atoms with Crippen molar-refractivity contribution in [3.63, 3.8) is 0 Å². The van der Waals surface area contributed by atoms with Gasteiger partial charge in [-0.2, -0.15) is 0 Å². The molecule has 0 saturated carbocycles. The summed E-state index contributed by atoms with van der Waals surface area (Å²) in [6.45, 7) is 0. The molecule has 0 N–H and O–H groups in total. The second kappa shape index (κ2) is 4.53. The summed E-state index contributed by atoms with van der Waals surface area (Å²) in [5.41, 5.74) is 0.118. The van der Waals surface area contributed by atoms with E-state index in [4.69, 9.17) is 23.2 Å². The number of hydrogen-bond donors (Lipinski definition) is 0. The fourth-order valence-corrected chi connectivity index (χ4v) is 1.81. The van der Waals surface area contributed by atoms with E-state index in [1.165, 1.54) is 6.20 Å². The summed E-state index contributed by atoms with van der Waals surface area (Å²) in [4.78, 5) is 3.51. The Kier molecular flexibility index (Phi) is 3.88. The Morgan fingerprint density at radius 1 is 1.38 bits per heavy atom. The Bertz CT molecular complexity index is 320. The van der Waals surface area contributed by atoms with E-state index in [1.54, 1.807) is 0 Å². The van der Waals surface area contributed by atoms with Gasteiger partial charge in [-0.05, 0) is 0 Å². The SMILES string of the molecule is FC(F)c1ncc(CBr)c(Cl)c1Cl. The topological polar surface area (TPSA) is 12.9 Å². The van der Waals surface area contributed by atoms with Crippen molar-refractivity contribution in [2.24, 2.45) is 0 Å². The van der Waals surface area contributed by atoms with Gasteiger partial charge < -0.3 is 0 Å². The highest BCUT2D eigenvalue weighted by Crippen LogP contribution is 2.33. The van der Waals surface area contributed by atoms with E-state index in [0.717, 1.165) is 0 Å². The molecule has 72 valence electrons. The van der Waals surface area contributed by atoms with Gasteiger partial charge >= 0.3 is 0 Å². The molecule has 1 nitrogen and oxygen atoms in total. The maximum Gasteiger partial charge on any atom is 0.281 e. The molecule has 0 aliphatic heterocycles. The molecule has 1 rings (SSSR count). The molecule has 0 amide bonds. The zero-order valence-electron chi connectivity index (χ0n) is 6.20. The first-order chi connectivity index (χ1) is 6.07. The standard InChI is InChI=1S/C7H4BrCl2F2N/c8-1-3-2-13-6(7(11)12)5(10)4(3)9/h2,7H,1H2. The molecular formula is C7H4BrCl2F2N. The minimum atomic E-state index is -2.70. The Hall–Kier alpha value is 0.0700. The molecule has 13 heavy (non-hydrogen) atoms. The van der Waals surface area contributed by atoms with Crippen LogP contribution in [-0.2, 0) is 5.33 Å². The van der Waals surface area contributed by atoms with Crippen LogP contribution in [-0.4, -0.2) is 4.98 Å². The largest absolute Gasteiger partial charge is 0.281 e. The fraction of sp³-hybridized carbons (Fsp3) is 0.286. The van der Waals surface area contributed by atoms with Gasteiger partial charge in [0, 0.05) is 17.1 Å². The first-order valence-corrected chi connectivity index (χ1v) is 5.12. The quantitative estimate of drug-likeness (QED) is 0.743. The molecule has 0 spiro atoms. The lowest BCUT2D eigenvalue weighted by atomic mass is 10.3. The summed E-state index contributed by atoms with van der Waals surface area (Å²) in [6.07, 6.45) is -1.42. The number of pyridine rings is 1. The summed E-state index contributed by atoms with van der Waals surface area (Å²) < 4.78 is 24.5. The molecule has 0 unspecified atom stereocenters. The zero-order chi connectivity index (χ0) is 10.0. The van der Waals surface area contributed by atoms with E-state index in [2.05, 4.69) is 20.9 Å². The summed E-state index contributed by atoms with van der Waals surface area (Å²) in [6, 6.07) is 0. The average Bonchev–Trinajstić information content (AvgIpc) is 2.09. The van der Waals surface area contributed by atoms with Crippen molar-refractivity contribution >= 4 is 39.1 Å². The van der Waals surface area contributed by atoms with Gasteiger partial charge in [0.2, 0.25) is 0 Å². The maximum absolute atomic E-state index is 12.2. The first-order valence-electron chi connectivity index (χ1n) is 3.24. The lowest BCUT2D eigenvalue weighted by molar-refractivity contribution is 0.146. The molecule has 0 fully saturated rings. The molecule has 0 aliphatic rings. The van der Waals surface area contributed by atoms with E-state index in [1.807, 2.05) is 0 Å². The highest BCUT2D eigenvalue weighted by molar-refractivity contribution is 9.08. The predicted molar refractivity (Wildman–Crippen MR) is 51.8 cm³/mol. The Labute approximate surface area is 92.2 Å². The maximum atomic E-state index is 12.2. The van der Waals surface area contributed by atoms with Crippen LogP contribution in [0.2, 0.25) is 10.0 Å². The minimum Gasteiger partial charge on any atom is -0.253 e. The number of rotatable bonds is 2. The molecule has 0 radical (unpaired) electrons. The molecule has 0 saturated heterocycles. The molecular weight excluding hydrogens is 287 g/mol. The number of aromatic nitrogens is 1. The van der Waals surface area contributed by atoms with Gasteiger partial charge in [-0.15, -0.1) is 0 Å². The van der Waals surface area contributed by atoms with Crippen molar-refractivity contribution in [3.05, 3.63) is 27.5 Å². The van der Waals surface area contributed by atoms with Gasteiger partial charge in [-0.3, -0.25) is 4.98 Å². The van der Waals surface area contributed by atoms with Crippen LogP contribution < -0.4 is 0 Å². The third-order valence-electron chi connectivity index (χ3n) is 1.41. The van der Waals surface area contributed by atoms with Gasteiger partial charge in [0.05, 0.1) is 10.0 Å². The normalized spacial score (nSPS) is 10.9. The van der Waals surface area contributed by atoms with Crippen molar-refractivity contribution in [2.45, 2.75) is 11.8 Å². The molecule has 1 aromatic rings. The molecule has 6 heteroatoms. The lowest BCUT2D eigenvalue weighted by Gasteiger charge is -2.06. The fourth-order valence-electron chi connectivity index (χ4n) is 0.760. The molecule has 0 bridgehead atoms. The molecule has 0 atom stereocenters. The summed E-state index contributed by atoms with van der Waals surface area (Å²) in [5, 5.41) is 0.389. The molecule has 0 aromatic carbocycles. The highest BCUT2D eigenvalue weighted by Gasteiger charge is 2.17. The zero-order valence-corrected chi connectivity index (χ0v) is 9.30. The van der Waals surface area contributed by atoms with Crippen molar-refractivity contribution in [2.75, 3.05) is 0 Å². The monoisotopic (exact) mass is 289 g/mol. The summed E-state index contributed by atoms with van der Waals surface area (Å²) in [5.74, 6) is 0. The van der Waals surface area contributed by atoms with Crippen LogP contribution in [0.5, 0.6) is 0 Å². The smallest absolute Gasteiger partial charge is 0.253 e. The van der Waals surface area contributed by atoms with E-state index in [-0.39, 0.29) is 10.0 Å². The van der Waals surface area contributed by atoms with Gasteiger partial charge in [-0.25, -0.2) is 8.78 Å². The van der Waals surface area contributed by atoms with E-state index in [9.17, 15) is 8.78 Å². The Balaban J connectivity index is 3.23. The Morgan fingerprint density at radius 2 is 2.00 bits per heavy atom. The van der Waals surface area contributed by atoms with E-state index in [0.29, 0.717) is 10.9 Å². The summed E-state index contributed by atoms with van der Waals surface area (Å²) >= 11 is 14.4. The van der Waals surface area contributed by atoms with Crippen LogP contribution in [0.3, 0.4) is 0 Å². The first kappa shape index (κ1) is 11.1. The van der Waals surface area contributed by atoms with Crippen LogP contribution in [0.25, 0.3) is 0 Å². The minimum absolute atomic E-state index is 0.129. The van der Waals surface area contributed by atoms with Crippen molar-refractivity contribution in [3.8, 4) is 0 Å². The van der Waals surface area contributed by atoms with Gasteiger partial charge in [0.15, 0.2) is 0 Å². The van der Waals surface area contributed by atoms with Crippen LogP contribution in [0.4, 0.5) is 8.78 Å². The van der Waals surface area contributed by atoms with E-state index < -0.39 is 12.1 Å². The van der Waals surface area contributed by atoms with Crippen LogP contribution in [0.1, 0.15) is 17.7 Å². The van der Waals surface area contributed by atoms with Crippen LogP contribution >= 0.6 is 39.1 Å². The summed E-state index contributed by atoms with van der Waals surface area (Å²) in [7, 11) is 0. The van der Waals surface area contributed by atoms with Crippen molar-refractivity contribution in [1.82, 2.24) is 4.98 Å². The van der Waals surface area contributed by atoms with Gasteiger partial charge in [-0.1, -0.05) is 39.1 Å². The predicted octanol–water partition coefficient (Wildman–Crippen LogP) is 4.22. The number of hydrogen-bond acceptors (Lipinski definition) is 1. The molecule has 1 aromatic heterocycles. The second-order valence-corrected chi connectivity index (χ2v) is 3.55. The third kappa shape index (κ3) is 2.30.